The Morgan fingerprint density at radius 1 is 1.12 bits per heavy atom. The highest BCUT2D eigenvalue weighted by molar-refractivity contribution is 5.92. The van der Waals surface area contributed by atoms with Gasteiger partial charge in [-0.15, -0.1) is 0 Å². The number of rotatable bonds is 7. The Balaban J connectivity index is 1.34. The number of carbonyl (C=O) groups is 1. The maximum Gasteiger partial charge on any atom is 0.246 e. The highest BCUT2D eigenvalue weighted by Gasteiger charge is 2.21. The van der Waals surface area contributed by atoms with Crippen LogP contribution in [0.15, 0.2) is 47.3 Å². The number of aromatic nitrogens is 3. The van der Waals surface area contributed by atoms with Gasteiger partial charge in [-0.25, -0.2) is 9.97 Å². The number of aryl methyl sites for hydroxylation is 2. The minimum absolute atomic E-state index is 0.0265. The molecule has 0 N–H and O–H groups in total. The van der Waals surface area contributed by atoms with E-state index in [9.17, 15) is 4.79 Å². The van der Waals surface area contributed by atoms with Crippen molar-refractivity contribution in [2.45, 2.75) is 20.5 Å². The number of carbonyl (C=O) groups excluding carboxylic acids is 1. The lowest BCUT2D eigenvalue weighted by Crippen LogP contribution is -2.48. The van der Waals surface area contributed by atoms with Crippen LogP contribution in [0.1, 0.15) is 22.6 Å². The van der Waals surface area contributed by atoms with Crippen molar-refractivity contribution in [3.05, 3.63) is 65.3 Å². The summed E-state index contributed by atoms with van der Waals surface area (Å²) in [7, 11) is 1.59. The van der Waals surface area contributed by atoms with Crippen LogP contribution < -0.4 is 14.4 Å². The Kier molecular flexibility index (Phi) is 6.87. The molecule has 172 valence electrons. The van der Waals surface area contributed by atoms with Gasteiger partial charge in [-0.3, -0.25) is 4.79 Å². The molecule has 1 saturated heterocycles. The van der Waals surface area contributed by atoms with E-state index >= 15 is 0 Å². The molecule has 0 aliphatic carbocycles. The second-order valence-corrected chi connectivity index (χ2v) is 7.70. The molecule has 9 heteroatoms. The number of hydrogen-bond acceptors (Lipinski definition) is 8. The summed E-state index contributed by atoms with van der Waals surface area (Å²) in [5, 5.41) is 3.94. The lowest BCUT2D eigenvalue weighted by Gasteiger charge is -2.34. The second kappa shape index (κ2) is 10.2. The third kappa shape index (κ3) is 5.31. The van der Waals surface area contributed by atoms with Crippen LogP contribution in [0.3, 0.4) is 0 Å². The van der Waals surface area contributed by atoms with Crippen LogP contribution in [0.5, 0.6) is 11.5 Å². The van der Waals surface area contributed by atoms with Gasteiger partial charge in [-0.05, 0) is 43.7 Å². The molecule has 1 aliphatic heterocycles. The number of piperazine rings is 1. The fraction of sp³-hybridized carbons (Fsp3) is 0.333. The van der Waals surface area contributed by atoms with Crippen molar-refractivity contribution in [1.29, 1.82) is 0 Å². The van der Waals surface area contributed by atoms with Gasteiger partial charge in [0.15, 0.2) is 11.5 Å². The van der Waals surface area contributed by atoms with Crippen LogP contribution in [-0.2, 0) is 11.4 Å². The Bertz CT molecular complexity index is 1100. The molecule has 3 heterocycles. The van der Waals surface area contributed by atoms with E-state index in [0.29, 0.717) is 50.2 Å². The molecule has 0 radical (unpaired) electrons. The molecule has 9 nitrogen and oxygen atoms in total. The summed E-state index contributed by atoms with van der Waals surface area (Å²) in [5.74, 6) is 2.61. The van der Waals surface area contributed by atoms with E-state index in [4.69, 9.17) is 14.0 Å². The van der Waals surface area contributed by atoms with Gasteiger partial charge in [0.2, 0.25) is 11.9 Å². The molecule has 4 rings (SSSR count). The Hall–Kier alpha value is -3.88. The van der Waals surface area contributed by atoms with Gasteiger partial charge in [0.25, 0.3) is 0 Å². The molecule has 0 saturated carbocycles. The van der Waals surface area contributed by atoms with E-state index in [1.165, 1.54) is 0 Å². The first kappa shape index (κ1) is 22.3. The number of methoxy groups -OCH3 is 1. The minimum atomic E-state index is -0.0265. The molecule has 1 fully saturated rings. The predicted molar refractivity (Wildman–Crippen MR) is 123 cm³/mol. The van der Waals surface area contributed by atoms with Crippen molar-refractivity contribution in [2.75, 3.05) is 38.2 Å². The van der Waals surface area contributed by atoms with Gasteiger partial charge >= 0.3 is 0 Å². The first-order chi connectivity index (χ1) is 16.0. The van der Waals surface area contributed by atoms with Crippen LogP contribution >= 0.6 is 0 Å². The topological polar surface area (TPSA) is 93.8 Å². The highest BCUT2D eigenvalue weighted by Crippen LogP contribution is 2.30. The Morgan fingerprint density at radius 3 is 2.55 bits per heavy atom. The zero-order valence-corrected chi connectivity index (χ0v) is 19.0. The largest absolute Gasteiger partial charge is 0.493 e. The Labute approximate surface area is 192 Å². The monoisotopic (exact) mass is 449 g/mol. The van der Waals surface area contributed by atoms with Crippen molar-refractivity contribution < 1.29 is 18.8 Å². The van der Waals surface area contributed by atoms with E-state index < -0.39 is 0 Å². The number of nitrogens with zero attached hydrogens (tertiary/aromatic N) is 5. The molecule has 2 aromatic heterocycles. The average molecular weight is 450 g/mol. The fourth-order valence-corrected chi connectivity index (χ4v) is 3.62. The van der Waals surface area contributed by atoms with E-state index in [1.54, 1.807) is 37.7 Å². The standard InChI is InChI=1S/C24H27N5O4/c1-17-20(18(2)33-27-17)16-32-21-7-5-19(15-22(21)31-3)6-8-23(30)28-11-13-29(14-12-28)24-25-9-4-10-26-24/h4-10,15H,11-14,16H2,1-3H3/b8-6+. The lowest BCUT2D eigenvalue weighted by molar-refractivity contribution is -0.126. The summed E-state index contributed by atoms with van der Waals surface area (Å²) >= 11 is 0. The predicted octanol–water partition coefficient (Wildman–Crippen LogP) is 3.03. The van der Waals surface area contributed by atoms with Crippen LogP contribution in [0.2, 0.25) is 0 Å². The Morgan fingerprint density at radius 2 is 1.88 bits per heavy atom. The number of ether oxygens (including phenoxy) is 2. The lowest BCUT2D eigenvalue weighted by atomic mass is 10.1. The molecule has 33 heavy (non-hydrogen) atoms. The zero-order valence-electron chi connectivity index (χ0n) is 19.0. The summed E-state index contributed by atoms with van der Waals surface area (Å²) in [6.07, 6.45) is 6.83. The molecule has 0 spiro atoms. The van der Waals surface area contributed by atoms with Crippen LogP contribution in [0.25, 0.3) is 6.08 Å². The normalized spacial score (nSPS) is 14.0. The zero-order chi connectivity index (χ0) is 23.2. The van der Waals surface area contributed by atoms with Gasteiger partial charge in [-0.1, -0.05) is 11.2 Å². The maximum atomic E-state index is 12.7. The molecule has 1 aliphatic rings. The number of benzene rings is 1. The van der Waals surface area contributed by atoms with Crippen LogP contribution in [-0.4, -0.2) is 59.2 Å². The summed E-state index contributed by atoms with van der Waals surface area (Å²) in [5.41, 5.74) is 2.58. The van der Waals surface area contributed by atoms with Crippen molar-refractivity contribution in [1.82, 2.24) is 20.0 Å². The molecular formula is C24H27N5O4. The summed E-state index contributed by atoms with van der Waals surface area (Å²) < 4.78 is 16.6. The highest BCUT2D eigenvalue weighted by atomic mass is 16.5. The number of amides is 1. The first-order valence-corrected chi connectivity index (χ1v) is 10.8. The second-order valence-electron chi connectivity index (χ2n) is 7.70. The maximum absolute atomic E-state index is 12.7. The molecule has 3 aromatic rings. The smallest absolute Gasteiger partial charge is 0.246 e. The number of anilines is 1. The van der Waals surface area contributed by atoms with Crippen molar-refractivity contribution in [2.24, 2.45) is 0 Å². The fourth-order valence-electron chi connectivity index (χ4n) is 3.62. The summed E-state index contributed by atoms with van der Waals surface area (Å²) in [6.45, 7) is 6.73. The van der Waals surface area contributed by atoms with E-state index in [2.05, 4.69) is 20.0 Å². The van der Waals surface area contributed by atoms with Crippen molar-refractivity contribution >= 4 is 17.9 Å². The molecule has 0 bridgehead atoms. The van der Waals surface area contributed by atoms with Gasteiger partial charge in [0.1, 0.15) is 12.4 Å². The van der Waals surface area contributed by atoms with Crippen molar-refractivity contribution in [3.8, 4) is 11.5 Å². The molecule has 1 aromatic carbocycles. The van der Waals surface area contributed by atoms with Gasteiger partial charge in [0.05, 0.1) is 18.4 Å². The van der Waals surface area contributed by atoms with Crippen LogP contribution in [0.4, 0.5) is 5.95 Å². The average Bonchev–Trinajstić information content (AvgIpc) is 3.18. The third-order valence-corrected chi connectivity index (χ3v) is 5.59. The van der Waals surface area contributed by atoms with Gasteiger partial charge < -0.3 is 23.8 Å². The molecular weight excluding hydrogens is 422 g/mol. The summed E-state index contributed by atoms with van der Waals surface area (Å²) in [6, 6.07) is 7.36. The first-order valence-electron chi connectivity index (χ1n) is 10.8. The SMILES string of the molecule is COc1cc(/C=C/C(=O)N2CCN(c3ncccn3)CC2)ccc1OCc1c(C)noc1C. The molecule has 0 atom stereocenters. The van der Waals surface area contributed by atoms with E-state index in [-0.39, 0.29) is 5.91 Å². The minimum Gasteiger partial charge on any atom is -0.493 e. The molecule has 0 unspecified atom stereocenters. The van der Waals surface area contributed by atoms with Crippen LogP contribution in [0, 0.1) is 13.8 Å². The van der Waals surface area contributed by atoms with E-state index in [1.807, 2.05) is 36.9 Å². The van der Waals surface area contributed by atoms with Gasteiger partial charge in [-0.2, -0.15) is 0 Å². The van der Waals surface area contributed by atoms with E-state index in [0.717, 1.165) is 22.6 Å². The number of hydrogen-bond donors (Lipinski definition) is 0. The summed E-state index contributed by atoms with van der Waals surface area (Å²) in [4.78, 5) is 25.1. The third-order valence-electron chi connectivity index (χ3n) is 5.59. The quantitative estimate of drug-likeness (QED) is 0.508. The molecule has 1 amide bonds. The van der Waals surface area contributed by atoms with Gasteiger partial charge in [0, 0.05) is 44.6 Å². The van der Waals surface area contributed by atoms with Crippen molar-refractivity contribution in [3.63, 3.8) is 0 Å².